The number of hydrogen-bond acceptors (Lipinski definition) is 4. The van der Waals surface area contributed by atoms with Crippen LogP contribution in [0, 0.1) is 13.8 Å². The third-order valence-electron chi connectivity index (χ3n) is 5.58. The highest BCUT2D eigenvalue weighted by Gasteiger charge is 2.30. The summed E-state index contributed by atoms with van der Waals surface area (Å²) in [5.41, 5.74) is 3.49. The Kier molecular flexibility index (Phi) is 5.40. The highest BCUT2D eigenvalue weighted by Crippen LogP contribution is 2.27. The van der Waals surface area contributed by atoms with Crippen molar-refractivity contribution in [1.29, 1.82) is 0 Å². The molecule has 0 unspecified atom stereocenters. The molecule has 1 aliphatic rings. The van der Waals surface area contributed by atoms with E-state index in [1.165, 1.54) is 13.1 Å². The second-order valence-electron chi connectivity index (χ2n) is 7.31. The van der Waals surface area contributed by atoms with Gasteiger partial charge in [0.25, 0.3) is 5.91 Å². The second kappa shape index (κ2) is 7.61. The van der Waals surface area contributed by atoms with Gasteiger partial charge in [0.2, 0.25) is 0 Å². The van der Waals surface area contributed by atoms with Crippen molar-refractivity contribution >= 4 is 17.7 Å². The molecule has 0 spiro atoms. The van der Waals surface area contributed by atoms with E-state index in [1.54, 1.807) is 16.5 Å². The maximum atomic E-state index is 13.1. The van der Waals surface area contributed by atoms with Gasteiger partial charge < -0.3 is 15.0 Å². The number of H-pyrrole nitrogens is 1. The minimum Gasteiger partial charge on any atom is -0.478 e. The summed E-state index contributed by atoms with van der Waals surface area (Å²) in [5, 5.41) is 13.4. The topological polar surface area (TPSA) is 108 Å². The number of piperidine rings is 1. The highest BCUT2D eigenvalue weighted by molar-refractivity contribution is 6.02. The number of carboxylic acid groups (broad SMARTS) is 1. The first-order valence-electron chi connectivity index (χ1n) is 9.55. The molecule has 2 aromatic heterocycles. The molecule has 0 saturated carbocycles. The van der Waals surface area contributed by atoms with Gasteiger partial charge in [-0.05, 0) is 45.6 Å². The van der Waals surface area contributed by atoms with Crippen LogP contribution in [-0.2, 0) is 6.42 Å². The van der Waals surface area contributed by atoms with Gasteiger partial charge in [0.15, 0.2) is 5.78 Å². The summed E-state index contributed by atoms with van der Waals surface area (Å²) in [4.78, 5) is 41.1. The van der Waals surface area contributed by atoms with Crippen molar-refractivity contribution in [1.82, 2.24) is 19.7 Å². The average Bonchev–Trinajstić information content (AvgIpc) is 3.21. The lowest BCUT2D eigenvalue weighted by Crippen LogP contribution is -2.40. The lowest BCUT2D eigenvalue weighted by molar-refractivity contribution is 0.0682. The lowest BCUT2D eigenvalue weighted by atomic mass is 10.0. The Balaban J connectivity index is 1.75. The van der Waals surface area contributed by atoms with Gasteiger partial charge in [-0.3, -0.25) is 14.3 Å². The zero-order chi connectivity index (χ0) is 20.6. The number of aromatic carboxylic acids is 1. The van der Waals surface area contributed by atoms with Gasteiger partial charge >= 0.3 is 5.97 Å². The van der Waals surface area contributed by atoms with Crippen LogP contribution < -0.4 is 0 Å². The van der Waals surface area contributed by atoms with Crippen LogP contribution in [0.1, 0.15) is 80.9 Å². The molecule has 0 aliphatic carbocycles. The number of carbonyl (C=O) groups is 3. The molecule has 3 heterocycles. The van der Waals surface area contributed by atoms with Crippen LogP contribution in [0.25, 0.3) is 0 Å². The van der Waals surface area contributed by atoms with E-state index < -0.39 is 5.97 Å². The number of ketones is 1. The van der Waals surface area contributed by atoms with E-state index in [-0.39, 0.29) is 23.3 Å². The Bertz CT molecular complexity index is 932. The molecule has 0 bridgehead atoms. The van der Waals surface area contributed by atoms with Crippen LogP contribution in [0.4, 0.5) is 0 Å². The summed E-state index contributed by atoms with van der Waals surface area (Å²) < 4.78 is 1.76. The maximum absolute atomic E-state index is 13.1. The Labute approximate surface area is 163 Å². The summed E-state index contributed by atoms with van der Waals surface area (Å²) in [5.74, 6) is -1.10. The first kappa shape index (κ1) is 19.9. The molecule has 0 aromatic carbocycles. The van der Waals surface area contributed by atoms with Gasteiger partial charge in [0.1, 0.15) is 11.3 Å². The van der Waals surface area contributed by atoms with Gasteiger partial charge in [0.05, 0.1) is 17.9 Å². The quantitative estimate of drug-likeness (QED) is 0.768. The molecule has 1 fully saturated rings. The molecule has 8 heteroatoms. The third kappa shape index (κ3) is 3.34. The van der Waals surface area contributed by atoms with Crippen molar-refractivity contribution < 1.29 is 19.5 Å². The van der Waals surface area contributed by atoms with E-state index in [1.807, 2.05) is 13.8 Å². The zero-order valence-corrected chi connectivity index (χ0v) is 16.7. The first-order chi connectivity index (χ1) is 13.3. The predicted molar refractivity (Wildman–Crippen MR) is 103 cm³/mol. The second-order valence-corrected chi connectivity index (χ2v) is 7.31. The molecule has 1 aliphatic heterocycles. The Hall–Kier alpha value is -2.90. The van der Waals surface area contributed by atoms with Crippen LogP contribution in [0.2, 0.25) is 0 Å². The molecular weight excluding hydrogens is 360 g/mol. The molecule has 2 aromatic rings. The maximum Gasteiger partial charge on any atom is 0.339 e. The van der Waals surface area contributed by atoms with Crippen molar-refractivity contribution in [2.75, 3.05) is 13.1 Å². The molecule has 0 radical (unpaired) electrons. The Morgan fingerprint density at radius 1 is 1.25 bits per heavy atom. The minimum atomic E-state index is -0.980. The summed E-state index contributed by atoms with van der Waals surface area (Å²) in [6.07, 6.45) is 3.40. The number of nitrogens with zero attached hydrogens (tertiary/aromatic N) is 3. The van der Waals surface area contributed by atoms with Crippen LogP contribution in [-0.4, -0.2) is 55.5 Å². The fourth-order valence-electron chi connectivity index (χ4n) is 4.16. The fraction of sp³-hybridized carbons (Fsp3) is 0.500. The van der Waals surface area contributed by atoms with Gasteiger partial charge in [-0.1, -0.05) is 6.92 Å². The number of nitrogens with one attached hydrogen (secondary N) is 1. The summed E-state index contributed by atoms with van der Waals surface area (Å²) in [6.45, 7) is 8.15. The SMILES string of the molecule is CCc1c(C(=O)N2CCC(n3ncc(C(=O)O)c3C)CC2)[nH]c(C)c1C(C)=O. The number of carboxylic acids is 1. The molecule has 28 heavy (non-hydrogen) atoms. The van der Waals surface area contributed by atoms with E-state index >= 15 is 0 Å². The van der Waals surface area contributed by atoms with Crippen molar-refractivity contribution in [3.8, 4) is 0 Å². The number of rotatable bonds is 5. The van der Waals surface area contributed by atoms with Gasteiger partial charge in [0, 0.05) is 24.3 Å². The van der Waals surface area contributed by atoms with Crippen molar-refractivity contribution in [2.24, 2.45) is 0 Å². The number of Topliss-reactive ketones (excluding diaryl/α,β-unsaturated/α-hetero) is 1. The number of aromatic nitrogens is 3. The number of carbonyl (C=O) groups excluding carboxylic acids is 2. The minimum absolute atomic E-state index is 0.0354. The standard InChI is InChI=1S/C20H26N4O4/c1-5-15-17(13(4)25)11(2)22-18(15)19(26)23-8-6-14(7-9-23)24-12(3)16(10-21-24)20(27)28/h10,14,22H,5-9H2,1-4H3,(H,27,28). The van der Waals surface area contributed by atoms with Crippen LogP contribution in [0.5, 0.6) is 0 Å². The smallest absolute Gasteiger partial charge is 0.339 e. The van der Waals surface area contributed by atoms with E-state index in [9.17, 15) is 19.5 Å². The van der Waals surface area contributed by atoms with Crippen molar-refractivity contribution in [3.05, 3.63) is 40.0 Å². The predicted octanol–water partition coefficient (Wildman–Crippen LogP) is 2.77. The molecule has 1 amide bonds. The number of aryl methyl sites for hydroxylation is 1. The Morgan fingerprint density at radius 2 is 1.89 bits per heavy atom. The zero-order valence-electron chi connectivity index (χ0n) is 16.7. The van der Waals surface area contributed by atoms with Gasteiger partial charge in [-0.2, -0.15) is 5.10 Å². The fourth-order valence-corrected chi connectivity index (χ4v) is 4.16. The summed E-state index contributed by atoms with van der Waals surface area (Å²) in [6, 6.07) is 0.0703. The number of hydrogen-bond donors (Lipinski definition) is 2. The van der Waals surface area contributed by atoms with E-state index in [0.717, 1.165) is 11.3 Å². The molecule has 150 valence electrons. The third-order valence-corrected chi connectivity index (χ3v) is 5.58. The summed E-state index contributed by atoms with van der Waals surface area (Å²) >= 11 is 0. The number of likely N-dealkylation sites (tertiary alicyclic amines) is 1. The normalized spacial score (nSPS) is 15.1. The lowest BCUT2D eigenvalue weighted by Gasteiger charge is -2.32. The molecule has 0 atom stereocenters. The number of amides is 1. The number of aromatic amines is 1. The van der Waals surface area contributed by atoms with Gasteiger partial charge in [-0.15, -0.1) is 0 Å². The van der Waals surface area contributed by atoms with E-state index in [4.69, 9.17) is 0 Å². The van der Waals surface area contributed by atoms with Crippen LogP contribution >= 0.6 is 0 Å². The first-order valence-corrected chi connectivity index (χ1v) is 9.55. The molecule has 8 nitrogen and oxygen atoms in total. The van der Waals surface area contributed by atoms with Crippen molar-refractivity contribution in [3.63, 3.8) is 0 Å². The van der Waals surface area contributed by atoms with E-state index in [0.29, 0.717) is 49.3 Å². The van der Waals surface area contributed by atoms with Crippen LogP contribution in [0.15, 0.2) is 6.20 Å². The van der Waals surface area contributed by atoms with Crippen molar-refractivity contribution in [2.45, 2.75) is 53.0 Å². The van der Waals surface area contributed by atoms with Gasteiger partial charge in [-0.25, -0.2) is 4.79 Å². The molecular formula is C20H26N4O4. The largest absolute Gasteiger partial charge is 0.478 e. The highest BCUT2D eigenvalue weighted by atomic mass is 16.4. The molecule has 3 rings (SSSR count). The summed E-state index contributed by atoms with van der Waals surface area (Å²) in [7, 11) is 0. The molecule has 1 saturated heterocycles. The van der Waals surface area contributed by atoms with E-state index in [2.05, 4.69) is 10.1 Å². The Morgan fingerprint density at radius 3 is 2.39 bits per heavy atom. The monoisotopic (exact) mass is 386 g/mol. The molecule has 2 N–H and O–H groups in total. The van der Waals surface area contributed by atoms with Crippen LogP contribution in [0.3, 0.4) is 0 Å². The average molecular weight is 386 g/mol.